The molecule has 0 spiro atoms. The third kappa shape index (κ3) is 5.32. The Morgan fingerprint density at radius 1 is 1.48 bits per heavy atom. The number of nitrogens with zero attached hydrogens (tertiary/aromatic N) is 3. The fourth-order valence-corrected chi connectivity index (χ4v) is 2.28. The van der Waals surface area contributed by atoms with Crippen molar-refractivity contribution in [3.05, 3.63) is 54.3 Å². The minimum absolute atomic E-state index is 0.601. The van der Waals surface area contributed by atoms with Crippen molar-refractivity contribution in [1.29, 1.82) is 0 Å². The van der Waals surface area contributed by atoms with Gasteiger partial charge in [0.15, 0.2) is 5.96 Å². The second-order valence-corrected chi connectivity index (χ2v) is 5.22. The van der Waals surface area contributed by atoms with E-state index in [0.717, 1.165) is 42.4 Å². The molecule has 0 amide bonds. The first kappa shape index (κ1) is 16.9. The van der Waals surface area contributed by atoms with Crippen LogP contribution in [0.15, 0.2) is 46.7 Å². The van der Waals surface area contributed by atoms with Gasteiger partial charge in [0.05, 0.1) is 18.5 Å². The molecule has 0 bridgehead atoms. The Balaban J connectivity index is 1.93. The molecule has 2 aromatic heterocycles. The Morgan fingerprint density at radius 2 is 2.35 bits per heavy atom. The summed E-state index contributed by atoms with van der Waals surface area (Å²) in [7, 11) is 1.94. The van der Waals surface area contributed by atoms with Crippen molar-refractivity contribution in [1.82, 2.24) is 20.4 Å². The van der Waals surface area contributed by atoms with E-state index in [2.05, 4.69) is 34.2 Å². The Labute approximate surface area is 137 Å². The number of aryl methyl sites for hydroxylation is 2. The van der Waals surface area contributed by atoms with Crippen molar-refractivity contribution in [2.75, 3.05) is 13.1 Å². The van der Waals surface area contributed by atoms with Gasteiger partial charge < -0.3 is 15.1 Å². The predicted octanol–water partition coefficient (Wildman–Crippen LogP) is 2.04. The minimum atomic E-state index is 0.601. The normalized spacial score (nSPS) is 11.5. The Bertz CT molecular complexity index is 627. The van der Waals surface area contributed by atoms with Crippen LogP contribution in [-0.2, 0) is 26.4 Å². The molecule has 0 saturated carbocycles. The number of aliphatic imine (C=N–C) groups is 1. The van der Waals surface area contributed by atoms with Gasteiger partial charge in [-0.25, -0.2) is 4.99 Å². The molecule has 2 N–H and O–H groups in total. The van der Waals surface area contributed by atoms with Crippen LogP contribution in [0, 0.1) is 0 Å². The van der Waals surface area contributed by atoms with Crippen LogP contribution >= 0.6 is 0 Å². The molecule has 2 heterocycles. The van der Waals surface area contributed by atoms with Crippen LogP contribution in [0.1, 0.15) is 23.9 Å². The molecule has 0 unspecified atom stereocenters. The highest BCUT2D eigenvalue weighted by Gasteiger charge is 2.06. The van der Waals surface area contributed by atoms with E-state index in [0.29, 0.717) is 13.1 Å². The quantitative estimate of drug-likeness (QED) is 0.444. The van der Waals surface area contributed by atoms with Crippen molar-refractivity contribution in [3.8, 4) is 0 Å². The summed E-state index contributed by atoms with van der Waals surface area (Å²) in [5.41, 5.74) is 2.25. The van der Waals surface area contributed by atoms with Crippen molar-refractivity contribution >= 4 is 5.96 Å². The lowest BCUT2D eigenvalue weighted by molar-refractivity contribution is 0.507. The summed E-state index contributed by atoms with van der Waals surface area (Å²) in [5.74, 6) is 1.73. The summed E-state index contributed by atoms with van der Waals surface area (Å²) in [6.45, 7) is 7.86. The van der Waals surface area contributed by atoms with Crippen molar-refractivity contribution in [3.63, 3.8) is 0 Å². The zero-order chi connectivity index (χ0) is 16.5. The van der Waals surface area contributed by atoms with Gasteiger partial charge >= 0.3 is 0 Å². The molecule has 124 valence electrons. The van der Waals surface area contributed by atoms with Crippen LogP contribution in [0.2, 0.25) is 0 Å². The summed E-state index contributed by atoms with van der Waals surface area (Å²) in [6, 6.07) is 3.87. The molecule has 0 atom stereocenters. The topological polar surface area (TPSA) is 67.4 Å². The van der Waals surface area contributed by atoms with E-state index in [1.54, 1.807) is 6.26 Å². The zero-order valence-electron chi connectivity index (χ0n) is 13.9. The van der Waals surface area contributed by atoms with E-state index in [4.69, 9.17) is 4.42 Å². The van der Waals surface area contributed by atoms with E-state index in [9.17, 15) is 0 Å². The molecule has 0 aliphatic heterocycles. The first-order valence-corrected chi connectivity index (χ1v) is 7.89. The molecule has 0 aliphatic carbocycles. The van der Waals surface area contributed by atoms with E-state index in [-0.39, 0.29) is 0 Å². The predicted molar refractivity (Wildman–Crippen MR) is 92.3 cm³/mol. The molecule has 0 fully saturated rings. The second-order valence-electron chi connectivity index (χ2n) is 5.22. The standard InChI is InChI=1S/C17H25N5O/c1-4-9-18-17(19-10-8-15-7-6-11-23-15)20-12-14-13-22(3)21-16(14)5-2/h4,6-7,11,13H,1,5,8-10,12H2,2-3H3,(H2,18,19,20). The van der Waals surface area contributed by atoms with Gasteiger partial charge in [-0.05, 0) is 18.6 Å². The molecule has 23 heavy (non-hydrogen) atoms. The number of hydrogen-bond donors (Lipinski definition) is 2. The molecule has 0 saturated heterocycles. The fourth-order valence-electron chi connectivity index (χ4n) is 2.28. The number of nitrogens with one attached hydrogen (secondary N) is 2. The first-order valence-electron chi connectivity index (χ1n) is 7.89. The summed E-state index contributed by atoms with van der Waals surface area (Å²) in [5, 5.41) is 11.0. The van der Waals surface area contributed by atoms with Gasteiger partial charge in [0, 0.05) is 38.3 Å². The molecule has 6 nitrogen and oxygen atoms in total. The summed E-state index contributed by atoms with van der Waals surface area (Å²) < 4.78 is 7.17. The maximum atomic E-state index is 5.33. The van der Waals surface area contributed by atoms with Crippen LogP contribution in [0.5, 0.6) is 0 Å². The van der Waals surface area contributed by atoms with Crippen LogP contribution in [0.25, 0.3) is 0 Å². The van der Waals surface area contributed by atoms with Crippen molar-refractivity contribution in [2.24, 2.45) is 12.0 Å². The number of rotatable bonds is 8. The Kier molecular flexibility index (Phi) is 6.47. The molecule has 2 aromatic rings. The van der Waals surface area contributed by atoms with Crippen molar-refractivity contribution < 1.29 is 4.42 Å². The van der Waals surface area contributed by atoms with Gasteiger partial charge in [-0.1, -0.05) is 13.0 Å². The highest BCUT2D eigenvalue weighted by Crippen LogP contribution is 2.08. The lowest BCUT2D eigenvalue weighted by Crippen LogP contribution is -2.38. The molecular formula is C17H25N5O. The summed E-state index contributed by atoms with van der Waals surface area (Å²) in [4.78, 5) is 4.63. The lowest BCUT2D eigenvalue weighted by atomic mass is 10.2. The molecular weight excluding hydrogens is 290 g/mol. The molecule has 2 rings (SSSR count). The highest BCUT2D eigenvalue weighted by atomic mass is 16.3. The molecule has 0 radical (unpaired) electrons. The molecule has 0 aliphatic rings. The first-order chi connectivity index (χ1) is 11.2. The largest absolute Gasteiger partial charge is 0.469 e. The van der Waals surface area contributed by atoms with Gasteiger partial charge in [-0.2, -0.15) is 5.10 Å². The van der Waals surface area contributed by atoms with Gasteiger partial charge in [0.1, 0.15) is 5.76 Å². The SMILES string of the molecule is C=CCNC(=NCc1cn(C)nc1CC)NCCc1ccco1. The number of furan rings is 1. The summed E-state index contributed by atoms with van der Waals surface area (Å²) in [6.07, 6.45) is 7.25. The Morgan fingerprint density at radius 3 is 3.04 bits per heavy atom. The highest BCUT2D eigenvalue weighted by molar-refractivity contribution is 5.79. The van der Waals surface area contributed by atoms with Gasteiger partial charge in [-0.3, -0.25) is 4.68 Å². The van der Waals surface area contributed by atoms with Gasteiger partial charge in [-0.15, -0.1) is 6.58 Å². The zero-order valence-corrected chi connectivity index (χ0v) is 13.9. The third-order valence-corrected chi connectivity index (χ3v) is 3.39. The van der Waals surface area contributed by atoms with Crippen LogP contribution < -0.4 is 10.6 Å². The van der Waals surface area contributed by atoms with Crippen LogP contribution in [0.3, 0.4) is 0 Å². The summed E-state index contributed by atoms with van der Waals surface area (Å²) >= 11 is 0. The Hall–Kier alpha value is -2.50. The van der Waals surface area contributed by atoms with E-state index in [1.165, 1.54) is 0 Å². The lowest BCUT2D eigenvalue weighted by Gasteiger charge is -2.10. The second kappa shape index (κ2) is 8.82. The minimum Gasteiger partial charge on any atom is -0.469 e. The van der Waals surface area contributed by atoms with E-state index in [1.807, 2.05) is 36.1 Å². The van der Waals surface area contributed by atoms with Crippen molar-refractivity contribution in [2.45, 2.75) is 26.3 Å². The number of hydrogen-bond acceptors (Lipinski definition) is 3. The average molecular weight is 315 g/mol. The van der Waals surface area contributed by atoms with Crippen LogP contribution in [0.4, 0.5) is 0 Å². The maximum absolute atomic E-state index is 5.33. The fraction of sp³-hybridized carbons (Fsp3) is 0.412. The third-order valence-electron chi connectivity index (χ3n) is 3.39. The smallest absolute Gasteiger partial charge is 0.191 e. The number of aromatic nitrogens is 2. The molecule has 6 heteroatoms. The monoisotopic (exact) mass is 315 g/mol. The maximum Gasteiger partial charge on any atom is 0.191 e. The van der Waals surface area contributed by atoms with Gasteiger partial charge in [0.2, 0.25) is 0 Å². The molecule has 0 aromatic carbocycles. The van der Waals surface area contributed by atoms with Gasteiger partial charge in [0.25, 0.3) is 0 Å². The van der Waals surface area contributed by atoms with Crippen LogP contribution in [-0.4, -0.2) is 28.8 Å². The van der Waals surface area contributed by atoms with E-state index >= 15 is 0 Å². The number of guanidine groups is 1. The van der Waals surface area contributed by atoms with E-state index < -0.39 is 0 Å². The average Bonchev–Trinajstić information content (AvgIpc) is 3.18.